The predicted octanol–water partition coefficient (Wildman–Crippen LogP) is 3.09. The fourth-order valence-corrected chi connectivity index (χ4v) is 4.98. The van der Waals surface area contributed by atoms with Gasteiger partial charge >= 0.3 is 0 Å². The molecule has 6 nitrogen and oxygen atoms in total. The van der Waals surface area contributed by atoms with Crippen molar-refractivity contribution in [3.8, 4) is 5.88 Å². The number of nitrogens with zero attached hydrogens (tertiary/aromatic N) is 3. The Balaban J connectivity index is 1.59. The van der Waals surface area contributed by atoms with Crippen LogP contribution in [0.25, 0.3) is 10.9 Å². The van der Waals surface area contributed by atoms with Crippen LogP contribution in [0.3, 0.4) is 0 Å². The molecule has 1 aliphatic heterocycles. The molecule has 4 rings (SSSR count). The summed E-state index contributed by atoms with van der Waals surface area (Å²) in [5.74, 6) is 0.529. The van der Waals surface area contributed by atoms with Crippen LogP contribution in [-0.4, -0.2) is 41.9 Å². The Hall–Kier alpha value is -2.51. The number of pyridine rings is 2. The van der Waals surface area contributed by atoms with Crippen LogP contribution in [0.15, 0.2) is 53.4 Å². The van der Waals surface area contributed by atoms with E-state index in [1.807, 2.05) is 44.2 Å². The molecule has 140 valence electrons. The Morgan fingerprint density at radius 1 is 1.00 bits per heavy atom. The maximum Gasteiger partial charge on any atom is 0.245 e. The second kappa shape index (κ2) is 6.90. The van der Waals surface area contributed by atoms with Crippen molar-refractivity contribution in [1.29, 1.82) is 0 Å². The number of hydrogen-bond donors (Lipinski definition) is 0. The Morgan fingerprint density at radius 3 is 2.59 bits per heavy atom. The summed E-state index contributed by atoms with van der Waals surface area (Å²) < 4.78 is 33.8. The third-order valence-corrected chi connectivity index (χ3v) is 6.59. The highest BCUT2D eigenvalue weighted by atomic mass is 32.2. The van der Waals surface area contributed by atoms with Gasteiger partial charge in [-0.05, 0) is 38.5 Å². The van der Waals surface area contributed by atoms with Gasteiger partial charge in [0, 0.05) is 29.4 Å². The van der Waals surface area contributed by atoms with Crippen molar-refractivity contribution in [2.75, 3.05) is 13.1 Å². The smallest absolute Gasteiger partial charge is 0.245 e. The molecule has 1 saturated heterocycles. The minimum Gasteiger partial charge on any atom is -0.473 e. The van der Waals surface area contributed by atoms with Crippen LogP contribution < -0.4 is 4.74 Å². The number of fused-ring (bicyclic) bond motifs is 1. The van der Waals surface area contributed by atoms with Crippen LogP contribution >= 0.6 is 0 Å². The Bertz CT molecular complexity index is 1100. The Morgan fingerprint density at radius 2 is 1.78 bits per heavy atom. The topological polar surface area (TPSA) is 72.4 Å². The van der Waals surface area contributed by atoms with Gasteiger partial charge in [0.1, 0.15) is 11.0 Å². The fraction of sp³-hybridized carbons (Fsp3) is 0.300. The first kappa shape index (κ1) is 17.9. The number of aryl methyl sites for hydroxylation is 2. The first-order valence-electron chi connectivity index (χ1n) is 8.90. The summed E-state index contributed by atoms with van der Waals surface area (Å²) in [6.45, 7) is 4.48. The van der Waals surface area contributed by atoms with Gasteiger partial charge in [-0.3, -0.25) is 4.98 Å². The van der Waals surface area contributed by atoms with Crippen LogP contribution in [0, 0.1) is 13.8 Å². The van der Waals surface area contributed by atoms with Gasteiger partial charge in [0.15, 0.2) is 0 Å². The molecule has 0 N–H and O–H groups in total. The molecule has 0 bridgehead atoms. The van der Waals surface area contributed by atoms with Gasteiger partial charge in [0.05, 0.1) is 12.1 Å². The molecule has 3 heterocycles. The lowest BCUT2D eigenvalue weighted by atomic mass is 10.2. The fourth-order valence-electron chi connectivity index (χ4n) is 3.33. The number of hydrogen-bond acceptors (Lipinski definition) is 5. The quantitative estimate of drug-likeness (QED) is 0.692. The first-order valence-corrected chi connectivity index (χ1v) is 10.3. The molecule has 7 heteroatoms. The summed E-state index contributed by atoms with van der Waals surface area (Å²) in [6, 6.07) is 14.6. The average molecular weight is 383 g/mol. The predicted molar refractivity (Wildman–Crippen MR) is 103 cm³/mol. The number of aromatic nitrogens is 2. The third-order valence-electron chi connectivity index (χ3n) is 4.70. The van der Waals surface area contributed by atoms with Gasteiger partial charge in [-0.2, -0.15) is 4.31 Å². The minimum atomic E-state index is -3.64. The molecule has 1 atom stereocenters. The summed E-state index contributed by atoms with van der Waals surface area (Å²) in [7, 11) is -3.64. The molecule has 1 fully saturated rings. The average Bonchev–Trinajstić information content (AvgIpc) is 3.10. The van der Waals surface area contributed by atoms with Gasteiger partial charge in [-0.25, -0.2) is 13.4 Å². The summed E-state index contributed by atoms with van der Waals surface area (Å²) in [6.07, 6.45) is 0.422. The molecule has 0 radical (unpaired) electrons. The third kappa shape index (κ3) is 3.52. The van der Waals surface area contributed by atoms with Crippen molar-refractivity contribution in [3.05, 3.63) is 59.9 Å². The lowest BCUT2D eigenvalue weighted by molar-refractivity contribution is 0.206. The lowest BCUT2D eigenvalue weighted by Crippen LogP contribution is -2.31. The van der Waals surface area contributed by atoms with E-state index in [0.29, 0.717) is 30.9 Å². The standard InChI is InChI=1S/C20H21N3O3S/c1-14-5-3-8-19(21-14)26-17-11-12-23(13-17)27(24,25)18-7-4-6-16-10-9-15(2)22-20(16)18/h3-10,17H,11-13H2,1-2H3. The Labute approximate surface area is 158 Å². The lowest BCUT2D eigenvalue weighted by Gasteiger charge is -2.18. The van der Waals surface area contributed by atoms with Gasteiger partial charge in [0.2, 0.25) is 15.9 Å². The van der Waals surface area contributed by atoms with E-state index in [0.717, 1.165) is 16.8 Å². The highest BCUT2D eigenvalue weighted by Gasteiger charge is 2.35. The van der Waals surface area contributed by atoms with E-state index < -0.39 is 10.0 Å². The molecule has 0 spiro atoms. The minimum absolute atomic E-state index is 0.209. The molecule has 0 amide bonds. The summed E-state index contributed by atoms with van der Waals surface area (Å²) in [4.78, 5) is 9.04. The van der Waals surface area contributed by atoms with Crippen molar-refractivity contribution in [1.82, 2.24) is 14.3 Å². The van der Waals surface area contributed by atoms with Gasteiger partial charge < -0.3 is 4.74 Å². The van der Waals surface area contributed by atoms with Crippen molar-refractivity contribution in [2.45, 2.75) is 31.3 Å². The number of para-hydroxylation sites is 1. The normalized spacial score (nSPS) is 18.1. The van der Waals surface area contributed by atoms with E-state index in [9.17, 15) is 8.42 Å². The van der Waals surface area contributed by atoms with Crippen molar-refractivity contribution in [2.24, 2.45) is 0 Å². The van der Waals surface area contributed by atoms with E-state index in [2.05, 4.69) is 9.97 Å². The summed E-state index contributed by atoms with van der Waals surface area (Å²) in [5.41, 5.74) is 2.17. The SMILES string of the molecule is Cc1cccc(OC2CCN(S(=O)(=O)c3cccc4ccc(C)nc34)C2)n1. The van der Waals surface area contributed by atoms with Crippen molar-refractivity contribution < 1.29 is 13.2 Å². The molecule has 2 aromatic heterocycles. The van der Waals surface area contributed by atoms with Crippen molar-refractivity contribution in [3.63, 3.8) is 0 Å². The molecule has 1 aromatic carbocycles. The van der Waals surface area contributed by atoms with Crippen LogP contribution in [0.1, 0.15) is 17.8 Å². The number of rotatable bonds is 4. The molecule has 1 unspecified atom stereocenters. The van der Waals surface area contributed by atoms with E-state index in [4.69, 9.17) is 4.74 Å². The number of benzene rings is 1. The maximum absolute atomic E-state index is 13.2. The highest BCUT2D eigenvalue weighted by Crippen LogP contribution is 2.28. The van der Waals surface area contributed by atoms with Crippen LogP contribution in [0.4, 0.5) is 0 Å². The van der Waals surface area contributed by atoms with E-state index in [1.165, 1.54) is 4.31 Å². The maximum atomic E-state index is 13.2. The van der Waals surface area contributed by atoms with Crippen LogP contribution in [0.5, 0.6) is 5.88 Å². The molecule has 0 aliphatic carbocycles. The number of sulfonamides is 1. The second-order valence-corrected chi connectivity index (χ2v) is 8.70. The van der Waals surface area contributed by atoms with E-state index in [-0.39, 0.29) is 11.0 Å². The monoisotopic (exact) mass is 383 g/mol. The molecule has 0 saturated carbocycles. The van der Waals surface area contributed by atoms with Gasteiger partial charge in [0.25, 0.3) is 0 Å². The van der Waals surface area contributed by atoms with Gasteiger partial charge in [-0.1, -0.05) is 24.3 Å². The zero-order valence-corrected chi connectivity index (χ0v) is 16.1. The molecule has 3 aromatic rings. The van der Waals surface area contributed by atoms with Gasteiger partial charge in [-0.15, -0.1) is 0 Å². The van der Waals surface area contributed by atoms with E-state index >= 15 is 0 Å². The van der Waals surface area contributed by atoms with Crippen molar-refractivity contribution >= 4 is 20.9 Å². The largest absolute Gasteiger partial charge is 0.473 e. The van der Waals surface area contributed by atoms with Crippen LogP contribution in [0.2, 0.25) is 0 Å². The highest BCUT2D eigenvalue weighted by molar-refractivity contribution is 7.89. The second-order valence-electron chi connectivity index (χ2n) is 6.79. The summed E-state index contributed by atoms with van der Waals surface area (Å²) >= 11 is 0. The van der Waals surface area contributed by atoms with Crippen LogP contribution in [-0.2, 0) is 10.0 Å². The molecular formula is C20H21N3O3S. The molecule has 1 aliphatic rings. The summed E-state index contributed by atoms with van der Waals surface area (Å²) in [5, 5.41) is 0.817. The molecular weight excluding hydrogens is 362 g/mol. The Kier molecular flexibility index (Phi) is 4.57. The zero-order valence-electron chi connectivity index (χ0n) is 15.3. The molecule has 27 heavy (non-hydrogen) atoms. The zero-order chi connectivity index (χ0) is 19.0. The first-order chi connectivity index (χ1) is 12.9. The van der Waals surface area contributed by atoms with E-state index in [1.54, 1.807) is 18.2 Å². The number of ether oxygens (including phenoxy) is 1.